The summed E-state index contributed by atoms with van der Waals surface area (Å²) in [5.74, 6) is 0.304. The van der Waals surface area contributed by atoms with Crippen molar-refractivity contribution in [2.24, 2.45) is 0 Å². The summed E-state index contributed by atoms with van der Waals surface area (Å²) in [6.07, 6.45) is 2.67. The minimum Gasteiger partial charge on any atom is -0.354 e. The van der Waals surface area contributed by atoms with Gasteiger partial charge >= 0.3 is 0 Å². The van der Waals surface area contributed by atoms with Gasteiger partial charge < -0.3 is 5.32 Å². The number of benzene rings is 1. The van der Waals surface area contributed by atoms with E-state index in [4.69, 9.17) is 0 Å². The van der Waals surface area contributed by atoms with E-state index >= 15 is 0 Å². The van der Waals surface area contributed by atoms with E-state index in [-0.39, 0.29) is 0 Å². The Kier molecular flexibility index (Phi) is 3.71. The van der Waals surface area contributed by atoms with Crippen molar-refractivity contribution in [3.63, 3.8) is 0 Å². The van der Waals surface area contributed by atoms with Gasteiger partial charge in [-0.25, -0.2) is 13.4 Å². The summed E-state index contributed by atoms with van der Waals surface area (Å²) >= 11 is 0. The Morgan fingerprint density at radius 3 is 2.42 bits per heavy atom. The molecule has 1 aromatic carbocycles. The molecule has 5 nitrogen and oxygen atoms in total. The molecule has 0 radical (unpaired) electrons. The second kappa shape index (κ2) is 5.27. The maximum absolute atomic E-state index is 11.1. The molecule has 2 rings (SSSR count). The standard InChI is InChI=1S/C13H15N3O2S/c1-10-5-3-4-6-12(10)15-11-7-8-13(14-9-11)16-19(2,17)18/h3-9,15H,1-2H3,(H,14,16). The van der Waals surface area contributed by atoms with Crippen LogP contribution in [-0.2, 0) is 10.0 Å². The molecule has 1 aromatic heterocycles. The predicted octanol–water partition coefficient (Wildman–Crippen LogP) is 2.51. The lowest BCUT2D eigenvalue weighted by Crippen LogP contribution is -2.10. The Morgan fingerprint density at radius 2 is 1.84 bits per heavy atom. The zero-order valence-electron chi connectivity index (χ0n) is 10.7. The van der Waals surface area contributed by atoms with Crippen LogP contribution in [0.1, 0.15) is 5.56 Å². The van der Waals surface area contributed by atoms with Crippen LogP contribution in [0.2, 0.25) is 0 Å². The molecule has 0 saturated carbocycles. The third-order valence-corrected chi connectivity index (χ3v) is 3.06. The van der Waals surface area contributed by atoms with Gasteiger partial charge in [0.15, 0.2) is 0 Å². The van der Waals surface area contributed by atoms with Crippen molar-refractivity contribution in [2.75, 3.05) is 16.3 Å². The zero-order chi connectivity index (χ0) is 13.9. The van der Waals surface area contributed by atoms with E-state index < -0.39 is 10.0 Å². The first-order valence-electron chi connectivity index (χ1n) is 5.70. The molecule has 19 heavy (non-hydrogen) atoms. The van der Waals surface area contributed by atoms with Gasteiger partial charge in [0.05, 0.1) is 18.1 Å². The summed E-state index contributed by atoms with van der Waals surface area (Å²) in [5, 5.41) is 3.22. The van der Waals surface area contributed by atoms with Crippen LogP contribution in [0.3, 0.4) is 0 Å². The summed E-state index contributed by atoms with van der Waals surface area (Å²) < 4.78 is 24.4. The maximum Gasteiger partial charge on any atom is 0.230 e. The molecule has 0 amide bonds. The molecular weight excluding hydrogens is 262 g/mol. The number of para-hydroxylation sites is 1. The highest BCUT2D eigenvalue weighted by Crippen LogP contribution is 2.20. The van der Waals surface area contributed by atoms with E-state index in [0.717, 1.165) is 23.2 Å². The highest BCUT2D eigenvalue weighted by molar-refractivity contribution is 7.92. The van der Waals surface area contributed by atoms with Gasteiger partial charge in [-0.1, -0.05) is 18.2 Å². The molecule has 0 aliphatic carbocycles. The van der Waals surface area contributed by atoms with Crippen LogP contribution >= 0.6 is 0 Å². The zero-order valence-corrected chi connectivity index (χ0v) is 11.5. The van der Waals surface area contributed by atoms with Crippen molar-refractivity contribution in [1.82, 2.24) is 4.98 Å². The highest BCUT2D eigenvalue weighted by atomic mass is 32.2. The van der Waals surface area contributed by atoms with E-state index in [1.807, 2.05) is 31.2 Å². The normalized spacial score (nSPS) is 11.1. The van der Waals surface area contributed by atoms with Gasteiger partial charge in [-0.05, 0) is 30.7 Å². The summed E-state index contributed by atoms with van der Waals surface area (Å²) in [4.78, 5) is 4.04. The van der Waals surface area contributed by atoms with Crippen molar-refractivity contribution in [1.29, 1.82) is 0 Å². The van der Waals surface area contributed by atoms with Crippen LogP contribution in [-0.4, -0.2) is 19.7 Å². The second-order valence-electron chi connectivity index (χ2n) is 4.25. The Hall–Kier alpha value is -2.08. The van der Waals surface area contributed by atoms with Crippen molar-refractivity contribution in [3.8, 4) is 0 Å². The van der Waals surface area contributed by atoms with E-state index in [1.54, 1.807) is 18.3 Å². The summed E-state index contributed by atoms with van der Waals surface area (Å²) in [6, 6.07) is 11.3. The van der Waals surface area contributed by atoms with Gasteiger partial charge in [-0.15, -0.1) is 0 Å². The molecule has 0 aliphatic heterocycles. The molecule has 0 atom stereocenters. The Morgan fingerprint density at radius 1 is 1.11 bits per heavy atom. The highest BCUT2D eigenvalue weighted by Gasteiger charge is 2.03. The molecule has 0 saturated heterocycles. The number of hydrogen-bond donors (Lipinski definition) is 2. The van der Waals surface area contributed by atoms with Crippen molar-refractivity contribution < 1.29 is 8.42 Å². The first-order chi connectivity index (χ1) is 8.94. The third-order valence-electron chi connectivity index (χ3n) is 2.48. The van der Waals surface area contributed by atoms with E-state index in [9.17, 15) is 8.42 Å². The summed E-state index contributed by atoms with van der Waals surface area (Å²) in [6.45, 7) is 2.01. The van der Waals surface area contributed by atoms with Gasteiger partial charge in [0, 0.05) is 5.69 Å². The van der Waals surface area contributed by atoms with E-state index in [0.29, 0.717) is 5.82 Å². The number of nitrogens with one attached hydrogen (secondary N) is 2. The molecular formula is C13H15N3O2S. The van der Waals surface area contributed by atoms with Crippen LogP contribution in [0.15, 0.2) is 42.6 Å². The number of nitrogens with zero attached hydrogens (tertiary/aromatic N) is 1. The lowest BCUT2D eigenvalue weighted by Gasteiger charge is -2.09. The molecule has 2 N–H and O–H groups in total. The molecule has 1 heterocycles. The third kappa shape index (κ3) is 3.96. The predicted molar refractivity (Wildman–Crippen MR) is 77.2 cm³/mol. The number of rotatable bonds is 4. The van der Waals surface area contributed by atoms with Crippen molar-refractivity contribution in [3.05, 3.63) is 48.2 Å². The maximum atomic E-state index is 11.1. The molecule has 2 aromatic rings. The molecule has 0 bridgehead atoms. The van der Waals surface area contributed by atoms with Crippen LogP contribution in [0, 0.1) is 6.92 Å². The fraction of sp³-hybridized carbons (Fsp3) is 0.154. The topological polar surface area (TPSA) is 71.1 Å². The first kappa shape index (κ1) is 13.4. The fourth-order valence-corrected chi connectivity index (χ4v) is 2.09. The number of aryl methyl sites for hydroxylation is 1. The molecule has 100 valence electrons. The Balaban J connectivity index is 2.13. The van der Waals surface area contributed by atoms with Crippen molar-refractivity contribution in [2.45, 2.75) is 6.92 Å². The summed E-state index contributed by atoms with van der Waals surface area (Å²) in [7, 11) is -3.29. The average Bonchev–Trinajstić information content (AvgIpc) is 2.33. The quantitative estimate of drug-likeness (QED) is 0.900. The van der Waals surface area contributed by atoms with E-state index in [2.05, 4.69) is 15.0 Å². The molecule has 0 spiro atoms. The largest absolute Gasteiger partial charge is 0.354 e. The molecule has 0 fully saturated rings. The minimum absolute atomic E-state index is 0.304. The van der Waals surface area contributed by atoms with Gasteiger partial charge in [0.25, 0.3) is 0 Å². The number of anilines is 3. The van der Waals surface area contributed by atoms with Gasteiger partial charge in [-0.2, -0.15) is 0 Å². The van der Waals surface area contributed by atoms with Gasteiger partial charge in [0.2, 0.25) is 10.0 Å². The minimum atomic E-state index is -3.29. The Labute approximate surface area is 112 Å². The lowest BCUT2D eigenvalue weighted by molar-refractivity contribution is 0.606. The van der Waals surface area contributed by atoms with Crippen molar-refractivity contribution >= 4 is 27.2 Å². The van der Waals surface area contributed by atoms with Crippen LogP contribution in [0.4, 0.5) is 17.2 Å². The number of pyridine rings is 1. The monoisotopic (exact) mass is 277 g/mol. The lowest BCUT2D eigenvalue weighted by atomic mass is 10.2. The number of hydrogen-bond acceptors (Lipinski definition) is 4. The summed E-state index contributed by atoms with van der Waals surface area (Å²) in [5.41, 5.74) is 2.92. The van der Waals surface area contributed by atoms with Crippen LogP contribution in [0.25, 0.3) is 0 Å². The molecule has 0 unspecified atom stereocenters. The van der Waals surface area contributed by atoms with Gasteiger partial charge in [0.1, 0.15) is 5.82 Å². The number of sulfonamides is 1. The van der Waals surface area contributed by atoms with Crippen LogP contribution < -0.4 is 10.0 Å². The second-order valence-corrected chi connectivity index (χ2v) is 5.99. The van der Waals surface area contributed by atoms with Crippen LogP contribution in [0.5, 0.6) is 0 Å². The SMILES string of the molecule is Cc1ccccc1Nc1ccc(NS(C)(=O)=O)nc1. The fourth-order valence-electron chi connectivity index (χ4n) is 1.59. The molecule has 6 heteroatoms. The van der Waals surface area contributed by atoms with E-state index in [1.165, 1.54) is 0 Å². The Bertz CT molecular complexity index is 667. The number of aromatic nitrogens is 1. The molecule has 0 aliphatic rings. The smallest absolute Gasteiger partial charge is 0.230 e. The average molecular weight is 277 g/mol. The van der Waals surface area contributed by atoms with Gasteiger partial charge in [-0.3, -0.25) is 4.72 Å². The first-order valence-corrected chi connectivity index (χ1v) is 7.60.